The molecule has 0 spiro atoms. The summed E-state index contributed by atoms with van der Waals surface area (Å²) in [6.07, 6.45) is 0. The first-order valence-electron chi connectivity index (χ1n) is 6.80. The summed E-state index contributed by atoms with van der Waals surface area (Å²) in [7, 11) is 0. The Morgan fingerprint density at radius 1 is 1.30 bits per heavy atom. The molecule has 118 valence electrons. The summed E-state index contributed by atoms with van der Waals surface area (Å²) in [4.78, 5) is 23.9. The average molecular weight is 331 g/mol. The lowest BCUT2D eigenvalue weighted by Gasteiger charge is -2.06. The SMILES string of the molecule is Cc1cc(C(=O)OCC(=O)Nc2cccc3nsnc23)c(C)o1. The van der Waals surface area contributed by atoms with E-state index in [0.717, 1.165) is 11.7 Å². The molecule has 2 aromatic heterocycles. The van der Waals surface area contributed by atoms with Crippen LogP contribution < -0.4 is 5.32 Å². The molecule has 0 atom stereocenters. The Labute approximate surface area is 135 Å². The number of carbonyl (C=O) groups is 2. The quantitative estimate of drug-likeness (QED) is 0.739. The summed E-state index contributed by atoms with van der Waals surface area (Å²) in [5.74, 6) is 0.0348. The highest BCUT2D eigenvalue weighted by Gasteiger charge is 2.17. The third kappa shape index (κ3) is 3.21. The van der Waals surface area contributed by atoms with Crippen LogP contribution in [0.4, 0.5) is 5.69 Å². The van der Waals surface area contributed by atoms with E-state index in [1.165, 1.54) is 0 Å². The highest BCUT2D eigenvalue weighted by molar-refractivity contribution is 7.00. The van der Waals surface area contributed by atoms with E-state index in [0.29, 0.717) is 33.8 Å². The molecule has 7 nitrogen and oxygen atoms in total. The van der Waals surface area contributed by atoms with Gasteiger partial charge in [-0.1, -0.05) is 6.07 Å². The molecular weight excluding hydrogens is 318 g/mol. The van der Waals surface area contributed by atoms with Gasteiger partial charge in [-0.15, -0.1) is 0 Å². The van der Waals surface area contributed by atoms with E-state index in [1.807, 2.05) is 0 Å². The predicted molar refractivity (Wildman–Crippen MR) is 84.5 cm³/mol. The maximum absolute atomic E-state index is 11.9. The van der Waals surface area contributed by atoms with Crippen molar-refractivity contribution in [2.75, 3.05) is 11.9 Å². The molecule has 1 N–H and O–H groups in total. The topological polar surface area (TPSA) is 94.3 Å². The van der Waals surface area contributed by atoms with Crippen LogP contribution in [0.15, 0.2) is 28.7 Å². The van der Waals surface area contributed by atoms with Gasteiger partial charge in [0.1, 0.15) is 28.1 Å². The number of fused-ring (bicyclic) bond motifs is 1. The number of aryl methyl sites for hydroxylation is 2. The number of benzene rings is 1. The zero-order valence-corrected chi connectivity index (χ0v) is 13.3. The van der Waals surface area contributed by atoms with E-state index in [1.54, 1.807) is 38.1 Å². The molecule has 3 rings (SSSR count). The first kappa shape index (κ1) is 15.2. The lowest BCUT2D eigenvalue weighted by atomic mass is 10.2. The summed E-state index contributed by atoms with van der Waals surface area (Å²) in [5, 5.41) is 2.66. The van der Waals surface area contributed by atoms with Crippen LogP contribution in [0.2, 0.25) is 0 Å². The average Bonchev–Trinajstić information content (AvgIpc) is 3.11. The number of hydrogen-bond acceptors (Lipinski definition) is 7. The van der Waals surface area contributed by atoms with Crippen molar-refractivity contribution in [1.29, 1.82) is 0 Å². The molecule has 0 aliphatic heterocycles. The number of anilines is 1. The number of aromatic nitrogens is 2. The van der Waals surface area contributed by atoms with Gasteiger partial charge in [-0.05, 0) is 32.0 Å². The number of carbonyl (C=O) groups excluding carboxylic acids is 2. The number of amides is 1. The van der Waals surface area contributed by atoms with E-state index in [2.05, 4.69) is 14.1 Å². The molecule has 1 amide bonds. The second-order valence-electron chi connectivity index (χ2n) is 4.89. The van der Waals surface area contributed by atoms with Gasteiger partial charge < -0.3 is 14.5 Å². The highest BCUT2D eigenvalue weighted by atomic mass is 32.1. The van der Waals surface area contributed by atoms with Crippen molar-refractivity contribution >= 4 is 40.3 Å². The van der Waals surface area contributed by atoms with Crippen LogP contribution in [0.5, 0.6) is 0 Å². The molecule has 0 aliphatic carbocycles. The molecule has 0 saturated heterocycles. The maximum Gasteiger partial charge on any atom is 0.342 e. The van der Waals surface area contributed by atoms with Crippen LogP contribution in [-0.4, -0.2) is 27.2 Å². The number of hydrogen-bond donors (Lipinski definition) is 1. The van der Waals surface area contributed by atoms with Gasteiger partial charge in [0.05, 0.1) is 17.4 Å². The molecule has 0 fully saturated rings. The van der Waals surface area contributed by atoms with Crippen molar-refractivity contribution < 1.29 is 18.7 Å². The van der Waals surface area contributed by atoms with Gasteiger partial charge in [-0.25, -0.2) is 4.79 Å². The molecule has 1 aromatic carbocycles. The number of esters is 1. The van der Waals surface area contributed by atoms with Crippen molar-refractivity contribution in [3.63, 3.8) is 0 Å². The first-order valence-corrected chi connectivity index (χ1v) is 7.53. The van der Waals surface area contributed by atoms with E-state index >= 15 is 0 Å². The summed E-state index contributed by atoms with van der Waals surface area (Å²) in [6.45, 7) is 3.01. The van der Waals surface area contributed by atoms with Crippen LogP contribution in [0.25, 0.3) is 11.0 Å². The molecule has 0 radical (unpaired) electrons. The third-order valence-corrected chi connectivity index (χ3v) is 3.70. The fourth-order valence-corrected chi connectivity index (χ4v) is 2.69. The zero-order valence-electron chi connectivity index (χ0n) is 12.5. The Kier molecular flexibility index (Phi) is 4.07. The predicted octanol–water partition coefficient (Wildman–Crippen LogP) is 2.70. The lowest BCUT2D eigenvalue weighted by Crippen LogP contribution is -2.21. The fraction of sp³-hybridized carbons (Fsp3) is 0.200. The Morgan fingerprint density at radius 3 is 2.87 bits per heavy atom. The molecule has 0 bridgehead atoms. The fourth-order valence-electron chi connectivity index (χ4n) is 2.14. The van der Waals surface area contributed by atoms with Gasteiger partial charge >= 0.3 is 5.97 Å². The van der Waals surface area contributed by atoms with Crippen molar-refractivity contribution in [3.05, 3.63) is 41.3 Å². The minimum absolute atomic E-state index is 0.320. The van der Waals surface area contributed by atoms with E-state index in [-0.39, 0.29) is 0 Å². The Hall–Kier alpha value is -2.74. The summed E-state index contributed by atoms with van der Waals surface area (Å²) in [6, 6.07) is 6.87. The molecule has 0 aliphatic rings. The molecule has 0 saturated carbocycles. The van der Waals surface area contributed by atoms with E-state index < -0.39 is 18.5 Å². The molecular formula is C15H13N3O4S. The largest absolute Gasteiger partial charge is 0.466 e. The second kappa shape index (κ2) is 6.17. The zero-order chi connectivity index (χ0) is 16.4. The van der Waals surface area contributed by atoms with Crippen molar-refractivity contribution in [2.24, 2.45) is 0 Å². The number of nitrogens with one attached hydrogen (secondary N) is 1. The number of rotatable bonds is 4. The van der Waals surface area contributed by atoms with Crippen LogP contribution >= 0.6 is 11.7 Å². The first-order chi connectivity index (χ1) is 11.0. The molecule has 0 unspecified atom stereocenters. The standard InChI is InChI=1S/C15H13N3O4S/c1-8-6-10(9(2)22-8)15(20)21-7-13(19)16-11-4-3-5-12-14(11)18-23-17-12/h3-6H,7H2,1-2H3,(H,16,19). The summed E-state index contributed by atoms with van der Waals surface area (Å²) in [5.41, 5.74) is 2.17. The van der Waals surface area contributed by atoms with Crippen LogP contribution in [0, 0.1) is 13.8 Å². The van der Waals surface area contributed by atoms with Gasteiger partial charge in [-0.3, -0.25) is 4.79 Å². The van der Waals surface area contributed by atoms with Crippen molar-refractivity contribution in [2.45, 2.75) is 13.8 Å². The Bertz CT molecular complexity index is 884. The lowest BCUT2D eigenvalue weighted by molar-refractivity contribution is -0.119. The van der Waals surface area contributed by atoms with Gasteiger partial charge in [-0.2, -0.15) is 8.75 Å². The Morgan fingerprint density at radius 2 is 2.13 bits per heavy atom. The third-order valence-electron chi connectivity index (χ3n) is 3.16. The van der Waals surface area contributed by atoms with Gasteiger partial charge in [0.15, 0.2) is 6.61 Å². The van der Waals surface area contributed by atoms with Crippen LogP contribution in [0.1, 0.15) is 21.9 Å². The van der Waals surface area contributed by atoms with Crippen molar-refractivity contribution in [1.82, 2.24) is 8.75 Å². The summed E-state index contributed by atoms with van der Waals surface area (Å²) >= 11 is 1.07. The summed E-state index contributed by atoms with van der Waals surface area (Å²) < 4.78 is 18.5. The highest BCUT2D eigenvalue weighted by Crippen LogP contribution is 2.21. The van der Waals surface area contributed by atoms with Gasteiger partial charge in [0, 0.05) is 0 Å². The monoisotopic (exact) mass is 331 g/mol. The number of ether oxygens (including phenoxy) is 1. The minimum atomic E-state index is -0.594. The molecule has 2 heterocycles. The van der Waals surface area contributed by atoms with Crippen LogP contribution in [-0.2, 0) is 9.53 Å². The number of furan rings is 1. The smallest absolute Gasteiger partial charge is 0.342 e. The van der Waals surface area contributed by atoms with Crippen LogP contribution in [0.3, 0.4) is 0 Å². The minimum Gasteiger partial charge on any atom is -0.466 e. The normalized spacial score (nSPS) is 10.7. The van der Waals surface area contributed by atoms with Gasteiger partial charge in [0.2, 0.25) is 0 Å². The van der Waals surface area contributed by atoms with Crippen molar-refractivity contribution in [3.8, 4) is 0 Å². The second-order valence-corrected chi connectivity index (χ2v) is 5.42. The molecule has 23 heavy (non-hydrogen) atoms. The van der Waals surface area contributed by atoms with E-state index in [4.69, 9.17) is 9.15 Å². The Balaban J connectivity index is 1.63. The van der Waals surface area contributed by atoms with Gasteiger partial charge in [0.25, 0.3) is 5.91 Å². The molecule has 8 heteroatoms. The number of nitrogens with zero attached hydrogens (tertiary/aromatic N) is 2. The van der Waals surface area contributed by atoms with E-state index in [9.17, 15) is 9.59 Å². The molecule has 3 aromatic rings. The maximum atomic E-state index is 11.9.